The Kier molecular flexibility index (Phi) is 0.339. The third-order valence-electron chi connectivity index (χ3n) is 0.961. The second kappa shape index (κ2) is 0.588. The first kappa shape index (κ1) is 2.88. The molecule has 0 aromatic rings. The molecule has 28 valence electrons. The highest BCUT2D eigenvalue weighted by molar-refractivity contribution is 5.97. The quantitative estimate of drug-likeness (QED) is 0.439. The Morgan fingerprint density at radius 1 is 2.00 bits per heavy atom. The monoisotopic (exact) mass is 69.1 g/mol. The zero-order valence-electron chi connectivity index (χ0n) is 3.28. The summed E-state index contributed by atoms with van der Waals surface area (Å²) in [6.07, 6.45) is 1.06. The van der Waals surface area contributed by atoms with Crippen molar-refractivity contribution in [2.24, 2.45) is 5.92 Å². The molecule has 1 aliphatic carbocycles. The van der Waals surface area contributed by atoms with Crippen LogP contribution in [0.3, 0.4) is 0 Å². The molecule has 0 aromatic carbocycles. The van der Waals surface area contributed by atoms with Gasteiger partial charge in [-0.2, -0.15) is 0 Å². The van der Waals surface area contributed by atoms with E-state index in [9.17, 15) is 0 Å². The first-order valence-corrected chi connectivity index (χ1v) is 1.88. The van der Waals surface area contributed by atoms with Crippen LogP contribution in [0.2, 0.25) is 0 Å². The van der Waals surface area contributed by atoms with Gasteiger partial charge in [-0.05, 0) is 12.3 Å². The molecule has 1 nitrogen and oxygen atoms in total. The maximum absolute atomic E-state index is 6.82. The van der Waals surface area contributed by atoms with Crippen molar-refractivity contribution >= 4 is 5.71 Å². The van der Waals surface area contributed by atoms with Crippen LogP contribution in [0, 0.1) is 11.3 Å². The van der Waals surface area contributed by atoms with Crippen molar-refractivity contribution < 1.29 is 0 Å². The Morgan fingerprint density at radius 2 is 2.20 bits per heavy atom. The van der Waals surface area contributed by atoms with E-state index in [1.165, 1.54) is 0 Å². The lowest BCUT2D eigenvalue weighted by Gasteiger charge is -1.55. The average molecular weight is 69.1 g/mol. The van der Waals surface area contributed by atoms with E-state index in [4.69, 9.17) is 5.41 Å². The minimum atomic E-state index is 0.634. The molecule has 0 aromatic heterocycles. The van der Waals surface area contributed by atoms with Crippen LogP contribution < -0.4 is 0 Å². The summed E-state index contributed by atoms with van der Waals surface area (Å²) in [5.41, 5.74) is 0.921. The average Bonchev–Trinajstić information content (AvgIpc) is 1.79. The summed E-state index contributed by atoms with van der Waals surface area (Å²) in [5.74, 6) is 0.634. The normalized spacial score (nSPS) is 34.6. The largest absolute Gasteiger partial charge is 0.309 e. The van der Waals surface area contributed by atoms with Crippen LogP contribution in [0.15, 0.2) is 0 Å². The Morgan fingerprint density at radius 3 is 2.20 bits per heavy atom. The fraction of sp³-hybridized carbons (Fsp3) is 0.750. The number of hydrogen-bond acceptors (Lipinski definition) is 1. The van der Waals surface area contributed by atoms with Crippen LogP contribution >= 0.6 is 0 Å². The van der Waals surface area contributed by atoms with Gasteiger partial charge >= 0.3 is 0 Å². The highest BCUT2D eigenvalue weighted by atomic mass is 14.5. The molecule has 0 radical (unpaired) electrons. The minimum Gasteiger partial charge on any atom is -0.309 e. The zero-order valence-corrected chi connectivity index (χ0v) is 3.28. The van der Waals surface area contributed by atoms with Crippen molar-refractivity contribution in [3.8, 4) is 0 Å². The van der Waals surface area contributed by atoms with Gasteiger partial charge in [0.05, 0.1) is 0 Å². The smallest absolute Gasteiger partial charge is 0.0127 e. The maximum Gasteiger partial charge on any atom is 0.0127 e. The lowest BCUT2D eigenvalue weighted by Crippen LogP contribution is -1.58. The SMILES string of the molecule is C[C@H]1CC1=N. The van der Waals surface area contributed by atoms with Crippen molar-refractivity contribution in [3.05, 3.63) is 0 Å². The Balaban J connectivity index is 2.47. The zero-order chi connectivity index (χ0) is 3.86. The highest BCUT2D eigenvalue weighted by Gasteiger charge is 2.23. The molecule has 1 atom stereocenters. The van der Waals surface area contributed by atoms with Gasteiger partial charge < -0.3 is 5.41 Å². The van der Waals surface area contributed by atoms with Crippen LogP contribution in [0.4, 0.5) is 0 Å². The molecule has 0 unspecified atom stereocenters. The van der Waals surface area contributed by atoms with Crippen LogP contribution in [0.1, 0.15) is 13.3 Å². The van der Waals surface area contributed by atoms with E-state index in [2.05, 4.69) is 6.92 Å². The second-order valence-electron chi connectivity index (χ2n) is 1.63. The maximum atomic E-state index is 6.82. The molecule has 1 fully saturated rings. The van der Waals surface area contributed by atoms with Crippen LogP contribution in [0.25, 0.3) is 0 Å². The highest BCUT2D eigenvalue weighted by Crippen LogP contribution is 2.21. The molecule has 0 aliphatic heterocycles. The molecule has 0 amide bonds. The minimum absolute atomic E-state index is 0.634. The molecule has 0 saturated heterocycles. The summed E-state index contributed by atoms with van der Waals surface area (Å²) >= 11 is 0. The van der Waals surface area contributed by atoms with Gasteiger partial charge in [-0.3, -0.25) is 0 Å². The standard InChI is InChI=1S/C4H7N/c1-3-2-4(3)5/h3,5H,2H2,1H3/t3-/m0/s1. The van der Waals surface area contributed by atoms with E-state index in [1.807, 2.05) is 0 Å². The van der Waals surface area contributed by atoms with Crippen molar-refractivity contribution in [2.75, 3.05) is 0 Å². The van der Waals surface area contributed by atoms with Gasteiger partial charge in [-0.15, -0.1) is 0 Å². The first-order valence-electron chi connectivity index (χ1n) is 1.88. The van der Waals surface area contributed by atoms with E-state index < -0.39 is 0 Å². The molecular weight excluding hydrogens is 62.1 g/mol. The van der Waals surface area contributed by atoms with E-state index in [-0.39, 0.29) is 0 Å². The van der Waals surface area contributed by atoms with Gasteiger partial charge in [0, 0.05) is 5.71 Å². The molecule has 1 saturated carbocycles. The predicted octanol–water partition coefficient (Wildman–Crippen LogP) is 1.05. The van der Waals surface area contributed by atoms with Gasteiger partial charge in [0.1, 0.15) is 0 Å². The number of hydrogen-bond donors (Lipinski definition) is 1. The van der Waals surface area contributed by atoms with Gasteiger partial charge in [-0.25, -0.2) is 0 Å². The van der Waals surface area contributed by atoms with Crippen molar-refractivity contribution in [2.45, 2.75) is 13.3 Å². The van der Waals surface area contributed by atoms with E-state index in [0.717, 1.165) is 12.1 Å². The third-order valence-corrected chi connectivity index (χ3v) is 0.961. The third kappa shape index (κ3) is 0.318. The molecule has 1 aliphatic rings. The topological polar surface area (TPSA) is 23.9 Å². The van der Waals surface area contributed by atoms with Crippen LogP contribution in [0.5, 0.6) is 0 Å². The van der Waals surface area contributed by atoms with E-state index >= 15 is 0 Å². The lowest BCUT2D eigenvalue weighted by molar-refractivity contribution is 1.03. The molecule has 1 heteroatoms. The Hall–Kier alpha value is -0.330. The van der Waals surface area contributed by atoms with Gasteiger partial charge in [-0.1, -0.05) is 6.92 Å². The second-order valence-corrected chi connectivity index (χ2v) is 1.63. The van der Waals surface area contributed by atoms with Crippen molar-refractivity contribution in [1.29, 1.82) is 5.41 Å². The molecule has 1 rings (SSSR count). The number of nitrogens with one attached hydrogen (secondary N) is 1. The summed E-state index contributed by atoms with van der Waals surface area (Å²) in [4.78, 5) is 0. The summed E-state index contributed by atoms with van der Waals surface area (Å²) in [5, 5.41) is 6.82. The van der Waals surface area contributed by atoms with Gasteiger partial charge in [0.2, 0.25) is 0 Å². The van der Waals surface area contributed by atoms with E-state index in [0.29, 0.717) is 5.92 Å². The lowest BCUT2D eigenvalue weighted by atomic mass is 10.5. The Bertz CT molecular complexity index is 66.0. The summed E-state index contributed by atoms with van der Waals surface area (Å²) in [7, 11) is 0. The fourth-order valence-electron chi connectivity index (χ4n) is 0.271. The summed E-state index contributed by atoms with van der Waals surface area (Å²) < 4.78 is 0. The van der Waals surface area contributed by atoms with Crippen molar-refractivity contribution in [1.82, 2.24) is 0 Å². The fourth-order valence-corrected chi connectivity index (χ4v) is 0.271. The molecular formula is C4H7N. The molecule has 1 N–H and O–H groups in total. The number of rotatable bonds is 0. The van der Waals surface area contributed by atoms with Crippen molar-refractivity contribution in [3.63, 3.8) is 0 Å². The Labute approximate surface area is 31.5 Å². The van der Waals surface area contributed by atoms with Gasteiger partial charge in [0.25, 0.3) is 0 Å². The molecule has 5 heavy (non-hydrogen) atoms. The molecule has 0 spiro atoms. The predicted molar refractivity (Wildman–Crippen MR) is 21.5 cm³/mol. The first-order chi connectivity index (χ1) is 2.30. The van der Waals surface area contributed by atoms with E-state index in [1.54, 1.807) is 0 Å². The summed E-state index contributed by atoms with van der Waals surface area (Å²) in [6.45, 7) is 2.07. The molecule has 0 bridgehead atoms. The van der Waals surface area contributed by atoms with Crippen LogP contribution in [-0.2, 0) is 0 Å². The molecule has 0 heterocycles. The summed E-state index contributed by atoms with van der Waals surface area (Å²) in [6, 6.07) is 0. The van der Waals surface area contributed by atoms with Crippen LogP contribution in [-0.4, -0.2) is 5.71 Å². The van der Waals surface area contributed by atoms with Gasteiger partial charge in [0.15, 0.2) is 0 Å².